The van der Waals surface area contributed by atoms with E-state index in [2.05, 4.69) is 0 Å². The fourth-order valence-electron chi connectivity index (χ4n) is 3.31. The van der Waals surface area contributed by atoms with Crippen LogP contribution in [0.5, 0.6) is 0 Å². The molecule has 2 heterocycles. The Kier molecular flexibility index (Phi) is 4.30. The molecule has 5 nitrogen and oxygen atoms in total. The van der Waals surface area contributed by atoms with Gasteiger partial charge in [0.1, 0.15) is 0 Å². The molecule has 2 aromatic rings. The number of carboxylic acids is 1. The Bertz CT molecular complexity index is 795. The first-order chi connectivity index (χ1) is 11.3. The topological polar surface area (TPSA) is 70.8 Å². The number of amides is 1. The summed E-state index contributed by atoms with van der Waals surface area (Å²) < 4.78 is 5.35. The van der Waals surface area contributed by atoms with Crippen LogP contribution in [0.1, 0.15) is 37.0 Å². The zero-order valence-electron chi connectivity index (χ0n) is 13.7. The van der Waals surface area contributed by atoms with Crippen LogP contribution in [-0.4, -0.2) is 35.0 Å². The highest BCUT2D eigenvalue weighted by Crippen LogP contribution is 2.35. The van der Waals surface area contributed by atoms with Crippen molar-refractivity contribution in [2.24, 2.45) is 11.3 Å². The first-order valence-electron chi connectivity index (χ1n) is 8.00. The fraction of sp³-hybridized carbons (Fsp3) is 0.444. The predicted molar refractivity (Wildman–Crippen MR) is 91.3 cm³/mol. The molecule has 6 heteroatoms. The SMILES string of the molecule is CC(C)(C(=O)O)C1CCCN(C(=O)c2ccc(Cl)c3occc23)C1. The molecule has 1 aliphatic heterocycles. The molecular formula is C18H20ClNO4. The number of furan rings is 1. The third kappa shape index (κ3) is 2.77. The molecule has 1 amide bonds. The van der Waals surface area contributed by atoms with Crippen LogP contribution in [0.2, 0.25) is 5.02 Å². The molecule has 1 aromatic carbocycles. The van der Waals surface area contributed by atoms with Crippen LogP contribution in [0.25, 0.3) is 11.0 Å². The first kappa shape index (κ1) is 16.8. The van der Waals surface area contributed by atoms with E-state index in [1.54, 1.807) is 36.9 Å². The minimum absolute atomic E-state index is 0.0696. The third-order valence-electron chi connectivity index (χ3n) is 5.08. The van der Waals surface area contributed by atoms with Gasteiger partial charge in [-0.2, -0.15) is 0 Å². The molecule has 0 radical (unpaired) electrons. The van der Waals surface area contributed by atoms with Crippen LogP contribution in [0.15, 0.2) is 28.9 Å². The zero-order chi connectivity index (χ0) is 17.5. The molecule has 0 spiro atoms. The minimum Gasteiger partial charge on any atom is -0.481 e. The largest absolute Gasteiger partial charge is 0.481 e. The molecule has 0 bridgehead atoms. The summed E-state index contributed by atoms with van der Waals surface area (Å²) in [5.74, 6) is -1.01. The average molecular weight is 350 g/mol. The fourth-order valence-corrected chi connectivity index (χ4v) is 3.52. The lowest BCUT2D eigenvalue weighted by molar-refractivity contribution is -0.151. The Labute approximate surface area is 145 Å². The minimum atomic E-state index is -0.857. The number of piperidine rings is 1. The maximum atomic E-state index is 13.0. The second kappa shape index (κ2) is 6.13. The van der Waals surface area contributed by atoms with Gasteiger partial charge < -0.3 is 14.4 Å². The lowest BCUT2D eigenvalue weighted by Crippen LogP contribution is -2.46. The highest BCUT2D eigenvalue weighted by atomic mass is 35.5. The quantitative estimate of drug-likeness (QED) is 0.907. The predicted octanol–water partition coefficient (Wildman–Crippen LogP) is 4.05. The van der Waals surface area contributed by atoms with Gasteiger partial charge in [-0.05, 0) is 50.8 Å². The van der Waals surface area contributed by atoms with Crippen molar-refractivity contribution in [2.75, 3.05) is 13.1 Å². The summed E-state index contributed by atoms with van der Waals surface area (Å²) in [6.45, 7) is 4.53. The van der Waals surface area contributed by atoms with E-state index in [0.29, 0.717) is 34.6 Å². The Hall–Kier alpha value is -2.01. The van der Waals surface area contributed by atoms with Crippen LogP contribution in [0.3, 0.4) is 0 Å². The number of likely N-dealkylation sites (tertiary alicyclic amines) is 1. The van der Waals surface area contributed by atoms with E-state index < -0.39 is 11.4 Å². The number of hydrogen-bond donors (Lipinski definition) is 1. The van der Waals surface area contributed by atoms with Crippen LogP contribution >= 0.6 is 11.6 Å². The van der Waals surface area contributed by atoms with Crippen molar-refractivity contribution in [2.45, 2.75) is 26.7 Å². The number of halogens is 1. The lowest BCUT2D eigenvalue weighted by Gasteiger charge is -2.39. The number of carbonyl (C=O) groups is 2. The van der Waals surface area contributed by atoms with Gasteiger partial charge in [0, 0.05) is 18.5 Å². The van der Waals surface area contributed by atoms with Crippen molar-refractivity contribution >= 4 is 34.4 Å². The molecule has 0 aliphatic carbocycles. The van der Waals surface area contributed by atoms with Crippen molar-refractivity contribution in [3.63, 3.8) is 0 Å². The number of carbonyl (C=O) groups excluding carboxylic acids is 1. The van der Waals surface area contributed by atoms with Crippen molar-refractivity contribution < 1.29 is 19.1 Å². The van der Waals surface area contributed by atoms with Gasteiger partial charge in [-0.1, -0.05) is 11.6 Å². The van der Waals surface area contributed by atoms with Crippen molar-refractivity contribution in [3.05, 3.63) is 35.0 Å². The Morgan fingerprint density at radius 3 is 2.79 bits per heavy atom. The maximum absolute atomic E-state index is 13.0. The van der Waals surface area contributed by atoms with Crippen molar-refractivity contribution in [1.82, 2.24) is 4.90 Å². The molecule has 3 rings (SSSR count). The van der Waals surface area contributed by atoms with Gasteiger partial charge in [-0.15, -0.1) is 0 Å². The molecule has 0 saturated carbocycles. The number of rotatable bonds is 3. The highest BCUT2D eigenvalue weighted by Gasteiger charge is 2.40. The molecule has 1 aromatic heterocycles. The van der Waals surface area contributed by atoms with E-state index in [4.69, 9.17) is 16.0 Å². The van der Waals surface area contributed by atoms with Crippen LogP contribution in [0, 0.1) is 11.3 Å². The number of nitrogens with zero attached hydrogens (tertiary/aromatic N) is 1. The number of carboxylic acid groups (broad SMARTS) is 1. The van der Waals surface area contributed by atoms with E-state index in [0.717, 1.165) is 12.8 Å². The van der Waals surface area contributed by atoms with Gasteiger partial charge in [0.25, 0.3) is 5.91 Å². The van der Waals surface area contributed by atoms with Crippen LogP contribution in [-0.2, 0) is 4.79 Å². The second-order valence-corrected chi connectivity index (χ2v) is 7.28. The van der Waals surface area contributed by atoms with Gasteiger partial charge in [0.15, 0.2) is 5.58 Å². The standard InChI is InChI=1S/C18H20ClNO4/c1-18(2,17(22)23)11-4-3-8-20(10-11)16(21)13-5-6-14(19)15-12(13)7-9-24-15/h5-7,9,11H,3-4,8,10H2,1-2H3,(H,22,23). The van der Waals surface area contributed by atoms with Gasteiger partial charge in [0.05, 0.1) is 22.3 Å². The van der Waals surface area contributed by atoms with Gasteiger partial charge >= 0.3 is 5.97 Å². The number of aliphatic carboxylic acids is 1. The van der Waals surface area contributed by atoms with Crippen LogP contribution < -0.4 is 0 Å². The van der Waals surface area contributed by atoms with Gasteiger partial charge in [-0.25, -0.2) is 0 Å². The summed E-state index contributed by atoms with van der Waals surface area (Å²) in [5.41, 5.74) is 0.183. The van der Waals surface area contributed by atoms with Crippen molar-refractivity contribution in [1.29, 1.82) is 0 Å². The molecule has 1 saturated heterocycles. The highest BCUT2D eigenvalue weighted by molar-refractivity contribution is 6.35. The second-order valence-electron chi connectivity index (χ2n) is 6.88. The Balaban J connectivity index is 1.88. The third-order valence-corrected chi connectivity index (χ3v) is 5.38. The van der Waals surface area contributed by atoms with E-state index in [1.165, 1.54) is 6.26 Å². The molecule has 1 N–H and O–H groups in total. The molecule has 24 heavy (non-hydrogen) atoms. The molecule has 1 unspecified atom stereocenters. The van der Waals surface area contributed by atoms with Gasteiger partial charge in [-0.3, -0.25) is 9.59 Å². The summed E-state index contributed by atoms with van der Waals surface area (Å²) in [7, 11) is 0. The monoisotopic (exact) mass is 349 g/mol. The molecular weight excluding hydrogens is 330 g/mol. The summed E-state index contributed by atoms with van der Waals surface area (Å²) >= 11 is 6.09. The van der Waals surface area contributed by atoms with Crippen molar-refractivity contribution in [3.8, 4) is 0 Å². The Morgan fingerprint density at radius 1 is 1.33 bits per heavy atom. The summed E-state index contributed by atoms with van der Waals surface area (Å²) in [6, 6.07) is 5.09. The smallest absolute Gasteiger partial charge is 0.309 e. The Morgan fingerprint density at radius 2 is 2.08 bits per heavy atom. The molecule has 1 aliphatic rings. The average Bonchev–Trinajstić information content (AvgIpc) is 3.05. The number of benzene rings is 1. The summed E-state index contributed by atoms with van der Waals surface area (Å²) in [6.07, 6.45) is 3.12. The normalized spacial score (nSPS) is 18.8. The number of hydrogen-bond acceptors (Lipinski definition) is 3. The van der Waals surface area contributed by atoms with E-state index in [-0.39, 0.29) is 11.8 Å². The zero-order valence-corrected chi connectivity index (χ0v) is 14.5. The first-order valence-corrected chi connectivity index (χ1v) is 8.38. The lowest BCUT2D eigenvalue weighted by atomic mass is 9.74. The van der Waals surface area contributed by atoms with E-state index >= 15 is 0 Å². The maximum Gasteiger partial charge on any atom is 0.309 e. The summed E-state index contributed by atoms with van der Waals surface area (Å²) in [5, 5.41) is 10.6. The van der Waals surface area contributed by atoms with Crippen LogP contribution in [0.4, 0.5) is 0 Å². The van der Waals surface area contributed by atoms with Gasteiger partial charge in [0.2, 0.25) is 0 Å². The van der Waals surface area contributed by atoms with E-state index in [1.807, 2.05) is 0 Å². The molecule has 1 fully saturated rings. The summed E-state index contributed by atoms with van der Waals surface area (Å²) in [4.78, 5) is 26.2. The van der Waals surface area contributed by atoms with E-state index in [9.17, 15) is 14.7 Å². The molecule has 1 atom stereocenters. The number of fused-ring (bicyclic) bond motifs is 1. The molecule has 128 valence electrons.